The van der Waals surface area contributed by atoms with E-state index in [-0.39, 0.29) is 27.6 Å². The fourth-order valence-electron chi connectivity index (χ4n) is 5.63. The molecule has 1 spiro atoms. The third kappa shape index (κ3) is 4.81. The summed E-state index contributed by atoms with van der Waals surface area (Å²) >= 11 is 0. The van der Waals surface area contributed by atoms with E-state index >= 15 is 0 Å². The second-order valence-electron chi connectivity index (χ2n) is 10.6. The summed E-state index contributed by atoms with van der Waals surface area (Å²) in [5.41, 5.74) is -0.173. The molecule has 1 saturated heterocycles. The van der Waals surface area contributed by atoms with Crippen LogP contribution in [0, 0.1) is 11.3 Å². The van der Waals surface area contributed by atoms with Crippen LogP contribution in [0.4, 0.5) is 24.8 Å². The zero-order valence-electron chi connectivity index (χ0n) is 20.6. The summed E-state index contributed by atoms with van der Waals surface area (Å²) in [7, 11) is -4.22. The monoisotopic (exact) mass is 558 g/mol. The quantitative estimate of drug-likeness (QED) is 0.413. The van der Waals surface area contributed by atoms with Crippen molar-refractivity contribution in [2.24, 2.45) is 11.3 Å². The Morgan fingerprint density at radius 2 is 1.87 bits per heavy atom. The van der Waals surface area contributed by atoms with E-state index in [1.165, 1.54) is 18.3 Å². The number of nitrogens with zero attached hydrogens (tertiary/aromatic N) is 3. The van der Waals surface area contributed by atoms with Crippen molar-refractivity contribution < 1.29 is 31.5 Å². The molecule has 3 aliphatic rings. The molecule has 2 unspecified atom stereocenters. The summed E-state index contributed by atoms with van der Waals surface area (Å²) in [6.45, 7) is 1.02. The fraction of sp³-hybridized carbons (Fsp3) is 0.370. The summed E-state index contributed by atoms with van der Waals surface area (Å²) in [5.74, 6) is -0.888. The van der Waals surface area contributed by atoms with Crippen LogP contribution in [0.3, 0.4) is 0 Å². The molecule has 3 aromatic rings. The number of pyridine rings is 2. The van der Waals surface area contributed by atoms with Gasteiger partial charge in [-0.3, -0.25) is 9.52 Å². The van der Waals surface area contributed by atoms with E-state index in [9.17, 15) is 31.5 Å². The van der Waals surface area contributed by atoms with Crippen LogP contribution in [0.2, 0.25) is 0 Å². The van der Waals surface area contributed by atoms with Crippen LogP contribution in [-0.4, -0.2) is 42.6 Å². The molecule has 8 nitrogen and oxygen atoms in total. The third-order valence-electron chi connectivity index (χ3n) is 7.94. The van der Waals surface area contributed by atoms with Crippen LogP contribution in [0.25, 0.3) is 11.1 Å². The Labute approximate surface area is 223 Å². The average molecular weight is 559 g/mol. The molecule has 2 aromatic heterocycles. The Morgan fingerprint density at radius 3 is 2.56 bits per heavy atom. The number of carboxylic acids is 1. The fourth-order valence-corrected chi connectivity index (χ4v) is 6.63. The summed E-state index contributed by atoms with van der Waals surface area (Å²) < 4.78 is 70.6. The highest BCUT2D eigenvalue weighted by Gasteiger charge is 2.61. The number of anilines is 2. The topological polar surface area (TPSA) is 112 Å². The first-order chi connectivity index (χ1) is 18.5. The number of nitrogens with one attached hydrogen (secondary N) is 1. The number of benzene rings is 1. The van der Waals surface area contributed by atoms with Gasteiger partial charge in [0.15, 0.2) is 0 Å². The minimum Gasteiger partial charge on any atom is -0.481 e. The van der Waals surface area contributed by atoms with Gasteiger partial charge in [-0.05, 0) is 60.4 Å². The van der Waals surface area contributed by atoms with Gasteiger partial charge in [0.1, 0.15) is 11.6 Å². The smallest absolute Gasteiger partial charge is 0.418 e. The second-order valence-corrected chi connectivity index (χ2v) is 12.2. The number of rotatable bonds is 7. The standard InChI is InChI=1S/C27H25F3N4O4S/c28-27(29,30)22-14-32-23(12-20(22)19-4-2-1-3-18(19)16-5-6-16)33-39(37,38)17-7-9-31-24(11-17)34-10-8-26(15-34)13-21(26)25(35)36/h1-4,7,9,11-12,14,16,21H,5-6,8,10,13,15H2,(H,32,33)(H,35,36). The van der Waals surface area contributed by atoms with Gasteiger partial charge in [-0.15, -0.1) is 0 Å². The number of halogens is 3. The Morgan fingerprint density at radius 1 is 1.10 bits per heavy atom. The number of aromatic nitrogens is 2. The molecule has 3 fully saturated rings. The molecule has 0 bridgehead atoms. The molecule has 1 aliphatic heterocycles. The Hall–Kier alpha value is -3.67. The highest BCUT2D eigenvalue weighted by atomic mass is 32.2. The lowest BCUT2D eigenvalue weighted by Gasteiger charge is -2.19. The second kappa shape index (κ2) is 8.94. The van der Waals surface area contributed by atoms with Crippen molar-refractivity contribution >= 4 is 27.6 Å². The van der Waals surface area contributed by atoms with Gasteiger partial charge in [-0.2, -0.15) is 13.2 Å². The van der Waals surface area contributed by atoms with Gasteiger partial charge in [0.05, 0.1) is 16.4 Å². The maximum atomic E-state index is 13.9. The van der Waals surface area contributed by atoms with Crippen molar-refractivity contribution in [2.45, 2.75) is 42.7 Å². The highest BCUT2D eigenvalue weighted by Crippen LogP contribution is 2.59. The lowest BCUT2D eigenvalue weighted by Crippen LogP contribution is -2.23. The number of carbonyl (C=O) groups is 1. The van der Waals surface area contributed by atoms with Crippen molar-refractivity contribution in [1.29, 1.82) is 0 Å². The zero-order valence-corrected chi connectivity index (χ0v) is 21.5. The number of sulfonamides is 1. The molecule has 0 amide bonds. The minimum absolute atomic E-state index is 0.124. The SMILES string of the molecule is O=C(O)C1CC12CCN(c1cc(S(=O)(=O)Nc3cc(-c4ccccc4C4CC4)c(C(F)(F)F)cn3)ccn1)C2. The van der Waals surface area contributed by atoms with Crippen molar-refractivity contribution in [3.8, 4) is 11.1 Å². The Balaban J connectivity index is 1.29. The van der Waals surface area contributed by atoms with Gasteiger partial charge in [0.2, 0.25) is 0 Å². The van der Waals surface area contributed by atoms with Crippen LogP contribution >= 0.6 is 0 Å². The Bertz CT molecular complexity index is 1580. The van der Waals surface area contributed by atoms with E-state index in [1.54, 1.807) is 24.3 Å². The molecule has 39 heavy (non-hydrogen) atoms. The number of alkyl halides is 3. The molecule has 2 N–H and O–H groups in total. The molecule has 1 aromatic carbocycles. The van der Waals surface area contributed by atoms with E-state index in [2.05, 4.69) is 14.7 Å². The van der Waals surface area contributed by atoms with Gasteiger partial charge in [-0.1, -0.05) is 24.3 Å². The van der Waals surface area contributed by atoms with Crippen LogP contribution in [0.15, 0.2) is 59.8 Å². The van der Waals surface area contributed by atoms with Crippen molar-refractivity contribution in [2.75, 3.05) is 22.7 Å². The minimum atomic E-state index is -4.68. The van der Waals surface area contributed by atoms with Crippen LogP contribution in [-0.2, 0) is 21.0 Å². The molecular formula is C27H25F3N4O4S. The predicted octanol–water partition coefficient (Wildman–Crippen LogP) is 5.14. The number of hydrogen-bond acceptors (Lipinski definition) is 6. The molecule has 12 heteroatoms. The van der Waals surface area contributed by atoms with Crippen LogP contribution in [0.1, 0.15) is 42.7 Å². The van der Waals surface area contributed by atoms with E-state index in [0.717, 1.165) is 24.5 Å². The predicted molar refractivity (Wildman–Crippen MR) is 137 cm³/mol. The first kappa shape index (κ1) is 25.6. The van der Waals surface area contributed by atoms with E-state index in [1.807, 2.05) is 4.90 Å². The summed E-state index contributed by atoms with van der Waals surface area (Å²) in [5, 5.41) is 9.34. The normalized spacial score (nSPS) is 22.7. The molecule has 204 valence electrons. The van der Waals surface area contributed by atoms with Crippen LogP contribution < -0.4 is 9.62 Å². The largest absolute Gasteiger partial charge is 0.481 e. The highest BCUT2D eigenvalue weighted by molar-refractivity contribution is 7.92. The number of aliphatic carboxylic acids is 1. The first-order valence-electron chi connectivity index (χ1n) is 12.6. The van der Waals surface area contributed by atoms with Gasteiger partial charge in [0.25, 0.3) is 10.0 Å². The molecule has 2 aliphatic carbocycles. The van der Waals surface area contributed by atoms with Gasteiger partial charge in [-0.25, -0.2) is 18.4 Å². The van der Waals surface area contributed by atoms with Gasteiger partial charge < -0.3 is 10.0 Å². The molecule has 0 radical (unpaired) electrons. The summed E-state index contributed by atoms with van der Waals surface area (Å²) in [4.78, 5) is 21.2. The van der Waals surface area contributed by atoms with E-state index in [4.69, 9.17) is 0 Å². The summed E-state index contributed by atoms with van der Waals surface area (Å²) in [6.07, 6.45) is 0.377. The number of hydrogen-bond donors (Lipinski definition) is 2. The van der Waals surface area contributed by atoms with Gasteiger partial charge >= 0.3 is 12.1 Å². The van der Waals surface area contributed by atoms with Crippen molar-refractivity contribution in [1.82, 2.24) is 9.97 Å². The first-order valence-corrected chi connectivity index (χ1v) is 14.1. The van der Waals surface area contributed by atoms with E-state index < -0.39 is 33.7 Å². The maximum Gasteiger partial charge on any atom is 0.418 e. The lowest BCUT2D eigenvalue weighted by atomic mass is 9.94. The lowest BCUT2D eigenvalue weighted by molar-refractivity contribution is -0.139. The molecule has 2 atom stereocenters. The van der Waals surface area contributed by atoms with Crippen molar-refractivity contribution in [3.05, 3.63) is 66.0 Å². The molecular weight excluding hydrogens is 533 g/mol. The van der Waals surface area contributed by atoms with Gasteiger partial charge in [0, 0.05) is 37.0 Å². The summed E-state index contributed by atoms with van der Waals surface area (Å²) in [6, 6.07) is 10.7. The maximum absolute atomic E-state index is 13.9. The zero-order chi connectivity index (χ0) is 27.6. The Kier molecular flexibility index (Phi) is 5.87. The average Bonchev–Trinajstić information content (AvgIpc) is 3.80. The van der Waals surface area contributed by atoms with E-state index in [0.29, 0.717) is 43.5 Å². The van der Waals surface area contributed by atoms with Crippen molar-refractivity contribution in [3.63, 3.8) is 0 Å². The molecule has 2 saturated carbocycles. The molecule has 6 rings (SSSR count). The third-order valence-corrected chi connectivity index (χ3v) is 9.29. The molecule has 3 heterocycles. The number of carboxylic acid groups (broad SMARTS) is 1. The van der Waals surface area contributed by atoms with Crippen LogP contribution in [0.5, 0.6) is 0 Å².